The van der Waals surface area contributed by atoms with Crippen LogP contribution in [0.5, 0.6) is 0 Å². The van der Waals surface area contributed by atoms with Crippen molar-refractivity contribution in [2.24, 2.45) is 7.05 Å². The Labute approximate surface area is 108 Å². The fourth-order valence-corrected chi connectivity index (χ4v) is 1.92. The van der Waals surface area contributed by atoms with E-state index in [4.69, 9.17) is 0 Å². The number of hydrogen-bond acceptors (Lipinski definition) is 3. The minimum atomic E-state index is 0.869. The zero-order valence-electron chi connectivity index (χ0n) is 11.3. The molecule has 0 aliphatic carbocycles. The Morgan fingerprint density at radius 1 is 1.28 bits per heavy atom. The van der Waals surface area contributed by atoms with Crippen molar-refractivity contribution in [1.82, 2.24) is 20.1 Å². The maximum absolute atomic E-state index is 4.31. The van der Waals surface area contributed by atoms with E-state index in [1.54, 1.807) is 0 Å². The number of pyridine rings is 1. The molecule has 1 N–H and O–H groups in total. The third kappa shape index (κ3) is 2.76. The summed E-state index contributed by atoms with van der Waals surface area (Å²) in [7, 11) is 1.96. The standard InChI is InChI=1S/C14H20N4/c1-4-5-15-7-12-6-13(9-16-8-12)14-10-17-18(3)11(14)2/h6,8-10,15H,4-5,7H2,1-3H3. The summed E-state index contributed by atoms with van der Waals surface area (Å²) < 4.78 is 1.89. The van der Waals surface area contributed by atoms with Gasteiger partial charge in [-0.25, -0.2) is 0 Å². The first-order valence-corrected chi connectivity index (χ1v) is 6.36. The summed E-state index contributed by atoms with van der Waals surface area (Å²) in [5.41, 5.74) is 4.67. The summed E-state index contributed by atoms with van der Waals surface area (Å²) in [4.78, 5) is 4.31. The fourth-order valence-electron chi connectivity index (χ4n) is 1.92. The molecule has 2 rings (SSSR count). The van der Waals surface area contributed by atoms with Crippen LogP contribution in [0.15, 0.2) is 24.7 Å². The zero-order chi connectivity index (χ0) is 13.0. The maximum atomic E-state index is 4.31. The lowest BCUT2D eigenvalue weighted by atomic mass is 10.1. The molecule has 18 heavy (non-hydrogen) atoms. The van der Waals surface area contributed by atoms with Crippen molar-refractivity contribution < 1.29 is 0 Å². The zero-order valence-corrected chi connectivity index (χ0v) is 11.3. The van der Waals surface area contributed by atoms with Crippen LogP contribution in [0.1, 0.15) is 24.6 Å². The minimum Gasteiger partial charge on any atom is -0.313 e. The summed E-state index contributed by atoms with van der Waals surface area (Å²) in [6.07, 6.45) is 6.86. The van der Waals surface area contributed by atoms with Crippen LogP contribution in [0.25, 0.3) is 11.1 Å². The van der Waals surface area contributed by atoms with E-state index in [1.165, 1.54) is 5.56 Å². The molecule has 0 aromatic carbocycles. The van der Waals surface area contributed by atoms with Crippen LogP contribution in [-0.2, 0) is 13.6 Å². The van der Waals surface area contributed by atoms with Crippen molar-refractivity contribution in [3.63, 3.8) is 0 Å². The van der Waals surface area contributed by atoms with Gasteiger partial charge in [-0.3, -0.25) is 9.67 Å². The number of nitrogens with zero attached hydrogens (tertiary/aromatic N) is 3. The molecule has 0 aliphatic rings. The molecule has 0 fully saturated rings. The van der Waals surface area contributed by atoms with Crippen LogP contribution < -0.4 is 5.32 Å². The van der Waals surface area contributed by atoms with Crippen LogP contribution >= 0.6 is 0 Å². The lowest BCUT2D eigenvalue weighted by Crippen LogP contribution is -2.13. The first kappa shape index (κ1) is 12.8. The van der Waals surface area contributed by atoms with E-state index in [-0.39, 0.29) is 0 Å². The number of hydrogen-bond donors (Lipinski definition) is 1. The molecule has 0 amide bonds. The largest absolute Gasteiger partial charge is 0.313 e. The quantitative estimate of drug-likeness (QED) is 0.821. The first-order valence-electron chi connectivity index (χ1n) is 6.36. The summed E-state index contributed by atoms with van der Waals surface area (Å²) in [5.74, 6) is 0. The average Bonchev–Trinajstić information content (AvgIpc) is 2.71. The third-order valence-electron chi connectivity index (χ3n) is 3.10. The van der Waals surface area contributed by atoms with E-state index in [0.717, 1.165) is 36.3 Å². The molecule has 2 aromatic rings. The molecule has 0 aliphatic heterocycles. The SMILES string of the molecule is CCCNCc1cncc(-c2cnn(C)c2C)c1. The summed E-state index contributed by atoms with van der Waals surface area (Å²) in [6.45, 7) is 6.15. The highest BCUT2D eigenvalue weighted by Gasteiger charge is 2.07. The van der Waals surface area contributed by atoms with Crippen LogP contribution in [0.2, 0.25) is 0 Å². The molecule has 96 valence electrons. The second kappa shape index (κ2) is 5.78. The van der Waals surface area contributed by atoms with Crippen LogP contribution in [0.3, 0.4) is 0 Å². The summed E-state index contributed by atoms with van der Waals surface area (Å²) in [6, 6.07) is 2.18. The van der Waals surface area contributed by atoms with Crippen LogP contribution in [0.4, 0.5) is 0 Å². The Balaban J connectivity index is 2.19. The van der Waals surface area contributed by atoms with Gasteiger partial charge in [-0.05, 0) is 31.5 Å². The second-order valence-electron chi connectivity index (χ2n) is 4.53. The predicted octanol–water partition coefficient (Wildman–Crippen LogP) is 2.29. The van der Waals surface area contributed by atoms with Gasteiger partial charge in [0.25, 0.3) is 0 Å². The van der Waals surface area contributed by atoms with E-state index in [1.807, 2.05) is 30.3 Å². The molecule has 2 aromatic heterocycles. The fraction of sp³-hybridized carbons (Fsp3) is 0.429. The van der Waals surface area contributed by atoms with Gasteiger partial charge in [-0.2, -0.15) is 5.10 Å². The van der Waals surface area contributed by atoms with Gasteiger partial charge in [0.15, 0.2) is 0 Å². The van der Waals surface area contributed by atoms with Gasteiger partial charge in [-0.15, -0.1) is 0 Å². The third-order valence-corrected chi connectivity index (χ3v) is 3.10. The summed E-state index contributed by atoms with van der Waals surface area (Å²) in [5, 5.41) is 7.66. The van der Waals surface area contributed by atoms with Crippen molar-refractivity contribution in [3.05, 3.63) is 35.9 Å². The average molecular weight is 244 g/mol. The Kier molecular flexibility index (Phi) is 4.10. The van der Waals surface area contributed by atoms with Crippen LogP contribution in [0, 0.1) is 6.92 Å². The molecule has 0 radical (unpaired) electrons. The second-order valence-corrected chi connectivity index (χ2v) is 4.53. The molecule has 0 atom stereocenters. The number of aromatic nitrogens is 3. The Hall–Kier alpha value is -1.68. The van der Waals surface area contributed by atoms with Crippen molar-refractivity contribution in [2.45, 2.75) is 26.8 Å². The molecular weight excluding hydrogens is 224 g/mol. The molecule has 0 unspecified atom stereocenters. The lowest BCUT2D eigenvalue weighted by Gasteiger charge is -2.05. The molecular formula is C14H20N4. The van der Waals surface area contributed by atoms with Gasteiger partial charge in [0.1, 0.15) is 0 Å². The Bertz CT molecular complexity index is 516. The van der Waals surface area contributed by atoms with Gasteiger partial charge in [-0.1, -0.05) is 6.92 Å². The summed E-state index contributed by atoms with van der Waals surface area (Å²) >= 11 is 0. The lowest BCUT2D eigenvalue weighted by molar-refractivity contribution is 0.674. The number of nitrogens with one attached hydrogen (secondary N) is 1. The van der Waals surface area contributed by atoms with Gasteiger partial charge in [0.05, 0.1) is 6.20 Å². The van der Waals surface area contributed by atoms with Crippen molar-refractivity contribution >= 4 is 0 Å². The van der Waals surface area contributed by atoms with E-state index < -0.39 is 0 Å². The van der Waals surface area contributed by atoms with Gasteiger partial charge in [0, 0.05) is 42.8 Å². The Morgan fingerprint density at radius 3 is 2.78 bits per heavy atom. The van der Waals surface area contributed by atoms with Crippen LogP contribution in [-0.4, -0.2) is 21.3 Å². The predicted molar refractivity (Wildman–Crippen MR) is 73.2 cm³/mol. The van der Waals surface area contributed by atoms with Crippen molar-refractivity contribution in [2.75, 3.05) is 6.54 Å². The molecule has 2 heterocycles. The number of aryl methyl sites for hydroxylation is 1. The first-order chi connectivity index (χ1) is 8.72. The molecule has 0 bridgehead atoms. The molecule has 0 saturated carbocycles. The maximum Gasteiger partial charge on any atom is 0.0571 e. The number of rotatable bonds is 5. The van der Waals surface area contributed by atoms with Gasteiger partial charge >= 0.3 is 0 Å². The van der Waals surface area contributed by atoms with Gasteiger partial charge < -0.3 is 5.32 Å². The highest BCUT2D eigenvalue weighted by molar-refractivity contribution is 5.64. The molecule has 0 saturated heterocycles. The van der Waals surface area contributed by atoms with E-state index in [0.29, 0.717) is 0 Å². The van der Waals surface area contributed by atoms with Gasteiger partial charge in [0.2, 0.25) is 0 Å². The normalized spacial score (nSPS) is 10.8. The highest BCUT2D eigenvalue weighted by atomic mass is 15.3. The highest BCUT2D eigenvalue weighted by Crippen LogP contribution is 2.22. The smallest absolute Gasteiger partial charge is 0.0571 e. The molecule has 4 nitrogen and oxygen atoms in total. The van der Waals surface area contributed by atoms with E-state index in [9.17, 15) is 0 Å². The molecule has 4 heteroatoms. The van der Waals surface area contributed by atoms with Crippen molar-refractivity contribution in [3.8, 4) is 11.1 Å². The van der Waals surface area contributed by atoms with E-state index >= 15 is 0 Å². The molecule has 0 spiro atoms. The Morgan fingerprint density at radius 2 is 2.11 bits per heavy atom. The topological polar surface area (TPSA) is 42.7 Å². The van der Waals surface area contributed by atoms with E-state index in [2.05, 4.69) is 35.3 Å². The van der Waals surface area contributed by atoms with Crippen molar-refractivity contribution in [1.29, 1.82) is 0 Å². The monoisotopic (exact) mass is 244 g/mol. The minimum absolute atomic E-state index is 0.869.